The van der Waals surface area contributed by atoms with E-state index in [1.165, 1.54) is 38.5 Å². The van der Waals surface area contributed by atoms with Crippen molar-refractivity contribution in [2.75, 3.05) is 26.3 Å². The number of rotatable bonds is 12. The SMILES string of the molecule is CCCCC(CC)COCC(O)CNCC1CC1. The van der Waals surface area contributed by atoms with E-state index in [0.717, 1.165) is 19.1 Å². The lowest BCUT2D eigenvalue weighted by Crippen LogP contribution is -2.32. The Balaban J connectivity index is 1.93. The van der Waals surface area contributed by atoms with Crippen molar-refractivity contribution in [3.8, 4) is 0 Å². The third-order valence-electron chi connectivity index (χ3n) is 3.72. The van der Waals surface area contributed by atoms with E-state index in [0.29, 0.717) is 19.1 Å². The van der Waals surface area contributed by atoms with Crippen LogP contribution in [0, 0.1) is 11.8 Å². The maximum Gasteiger partial charge on any atom is 0.0897 e. The van der Waals surface area contributed by atoms with Crippen LogP contribution in [0.2, 0.25) is 0 Å². The number of aliphatic hydroxyl groups excluding tert-OH is 1. The van der Waals surface area contributed by atoms with Crippen molar-refractivity contribution < 1.29 is 9.84 Å². The summed E-state index contributed by atoms with van der Waals surface area (Å²) in [5.74, 6) is 1.54. The largest absolute Gasteiger partial charge is 0.389 e. The Morgan fingerprint density at radius 3 is 2.67 bits per heavy atom. The fourth-order valence-electron chi connectivity index (χ4n) is 2.10. The van der Waals surface area contributed by atoms with Crippen LogP contribution in [-0.4, -0.2) is 37.5 Å². The molecule has 0 amide bonds. The molecule has 3 nitrogen and oxygen atoms in total. The molecule has 2 atom stereocenters. The summed E-state index contributed by atoms with van der Waals surface area (Å²) in [5.41, 5.74) is 0. The Kier molecular flexibility index (Phi) is 8.64. The highest BCUT2D eigenvalue weighted by Crippen LogP contribution is 2.27. The van der Waals surface area contributed by atoms with Crippen LogP contribution in [0.25, 0.3) is 0 Å². The van der Waals surface area contributed by atoms with Crippen molar-refractivity contribution in [2.45, 2.75) is 58.5 Å². The number of unbranched alkanes of at least 4 members (excludes halogenated alkanes) is 1. The van der Waals surface area contributed by atoms with Gasteiger partial charge in [0.25, 0.3) is 0 Å². The van der Waals surface area contributed by atoms with Crippen LogP contribution < -0.4 is 5.32 Å². The maximum absolute atomic E-state index is 9.76. The van der Waals surface area contributed by atoms with Gasteiger partial charge in [-0.3, -0.25) is 0 Å². The van der Waals surface area contributed by atoms with Crippen molar-refractivity contribution in [3.05, 3.63) is 0 Å². The quantitative estimate of drug-likeness (QED) is 0.564. The van der Waals surface area contributed by atoms with Crippen LogP contribution in [0.1, 0.15) is 52.4 Å². The molecular formula is C15H31NO2. The van der Waals surface area contributed by atoms with Gasteiger partial charge in [0, 0.05) is 13.2 Å². The Bertz CT molecular complexity index is 195. The van der Waals surface area contributed by atoms with Crippen molar-refractivity contribution in [3.63, 3.8) is 0 Å². The van der Waals surface area contributed by atoms with E-state index < -0.39 is 0 Å². The third kappa shape index (κ3) is 8.06. The smallest absolute Gasteiger partial charge is 0.0897 e. The van der Waals surface area contributed by atoms with Crippen LogP contribution in [0.4, 0.5) is 0 Å². The minimum atomic E-state index is -0.354. The number of nitrogens with one attached hydrogen (secondary N) is 1. The van der Waals surface area contributed by atoms with Gasteiger partial charge >= 0.3 is 0 Å². The van der Waals surface area contributed by atoms with Crippen LogP contribution in [0.3, 0.4) is 0 Å². The first kappa shape index (κ1) is 15.9. The fourth-order valence-corrected chi connectivity index (χ4v) is 2.10. The Hall–Kier alpha value is -0.120. The second-order valence-corrected chi connectivity index (χ2v) is 5.71. The third-order valence-corrected chi connectivity index (χ3v) is 3.72. The molecule has 1 saturated carbocycles. The monoisotopic (exact) mass is 257 g/mol. The zero-order valence-electron chi connectivity index (χ0n) is 12.2. The minimum Gasteiger partial charge on any atom is -0.389 e. The predicted octanol–water partition coefficient (Wildman–Crippen LogP) is 2.58. The first-order valence-electron chi connectivity index (χ1n) is 7.72. The Morgan fingerprint density at radius 1 is 1.28 bits per heavy atom. The zero-order chi connectivity index (χ0) is 13.2. The van der Waals surface area contributed by atoms with Gasteiger partial charge in [0.05, 0.1) is 12.7 Å². The second kappa shape index (κ2) is 9.76. The summed E-state index contributed by atoms with van der Waals surface area (Å²) in [6, 6.07) is 0. The molecule has 0 aliphatic heterocycles. The average molecular weight is 257 g/mol. The van der Waals surface area contributed by atoms with Gasteiger partial charge in [-0.25, -0.2) is 0 Å². The molecule has 3 heteroatoms. The number of aliphatic hydroxyl groups is 1. The van der Waals surface area contributed by atoms with E-state index in [1.54, 1.807) is 0 Å². The van der Waals surface area contributed by atoms with Gasteiger partial charge in [-0.1, -0.05) is 33.1 Å². The van der Waals surface area contributed by atoms with Crippen molar-refractivity contribution in [1.29, 1.82) is 0 Å². The van der Waals surface area contributed by atoms with Crippen molar-refractivity contribution in [2.24, 2.45) is 11.8 Å². The van der Waals surface area contributed by atoms with E-state index >= 15 is 0 Å². The van der Waals surface area contributed by atoms with Gasteiger partial charge in [-0.15, -0.1) is 0 Å². The molecule has 1 rings (SSSR count). The van der Waals surface area contributed by atoms with Crippen LogP contribution >= 0.6 is 0 Å². The summed E-state index contributed by atoms with van der Waals surface area (Å²) < 4.78 is 5.63. The second-order valence-electron chi connectivity index (χ2n) is 5.71. The molecule has 0 aromatic heterocycles. The summed E-state index contributed by atoms with van der Waals surface area (Å²) in [6.07, 6.45) is 7.33. The molecule has 2 N–H and O–H groups in total. The summed E-state index contributed by atoms with van der Waals surface area (Å²) in [6.45, 7) is 7.45. The highest BCUT2D eigenvalue weighted by molar-refractivity contribution is 4.75. The number of hydrogen-bond acceptors (Lipinski definition) is 3. The Morgan fingerprint density at radius 2 is 2.06 bits per heavy atom. The standard InChI is InChI=1S/C15H31NO2/c1-3-5-6-13(4-2)11-18-12-15(17)10-16-9-14-7-8-14/h13-17H,3-12H2,1-2H3. The zero-order valence-corrected chi connectivity index (χ0v) is 12.2. The lowest BCUT2D eigenvalue weighted by Gasteiger charge is -2.17. The maximum atomic E-state index is 9.76. The topological polar surface area (TPSA) is 41.5 Å². The van der Waals surface area contributed by atoms with Gasteiger partial charge in [0.15, 0.2) is 0 Å². The number of ether oxygens (including phenoxy) is 1. The molecule has 2 unspecified atom stereocenters. The molecular weight excluding hydrogens is 226 g/mol. The summed E-state index contributed by atoms with van der Waals surface area (Å²) >= 11 is 0. The molecule has 0 bridgehead atoms. The van der Waals surface area contributed by atoms with Gasteiger partial charge in [-0.05, 0) is 37.6 Å². The van der Waals surface area contributed by atoms with E-state index in [4.69, 9.17) is 4.74 Å². The van der Waals surface area contributed by atoms with Gasteiger partial charge in [0.2, 0.25) is 0 Å². The first-order chi connectivity index (χ1) is 8.76. The summed E-state index contributed by atoms with van der Waals surface area (Å²) in [4.78, 5) is 0. The van der Waals surface area contributed by atoms with Gasteiger partial charge < -0.3 is 15.2 Å². The van der Waals surface area contributed by atoms with E-state index in [-0.39, 0.29) is 6.10 Å². The lowest BCUT2D eigenvalue weighted by atomic mass is 10.0. The normalized spacial score (nSPS) is 18.8. The molecule has 0 saturated heterocycles. The van der Waals surface area contributed by atoms with Crippen LogP contribution in [0.15, 0.2) is 0 Å². The van der Waals surface area contributed by atoms with Crippen LogP contribution in [0.5, 0.6) is 0 Å². The van der Waals surface area contributed by atoms with E-state index in [2.05, 4.69) is 19.2 Å². The van der Waals surface area contributed by atoms with Crippen molar-refractivity contribution >= 4 is 0 Å². The van der Waals surface area contributed by atoms with Crippen molar-refractivity contribution in [1.82, 2.24) is 5.32 Å². The van der Waals surface area contributed by atoms with Gasteiger partial charge in [-0.2, -0.15) is 0 Å². The summed E-state index contributed by atoms with van der Waals surface area (Å²) in [5, 5.41) is 13.1. The molecule has 0 spiro atoms. The molecule has 0 radical (unpaired) electrons. The minimum absolute atomic E-state index is 0.354. The fraction of sp³-hybridized carbons (Fsp3) is 1.00. The highest BCUT2D eigenvalue weighted by atomic mass is 16.5. The highest BCUT2D eigenvalue weighted by Gasteiger charge is 2.20. The molecule has 1 fully saturated rings. The van der Waals surface area contributed by atoms with E-state index in [9.17, 15) is 5.11 Å². The molecule has 1 aliphatic rings. The lowest BCUT2D eigenvalue weighted by molar-refractivity contribution is 0.0193. The molecule has 1 aliphatic carbocycles. The van der Waals surface area contributed by atoms with Crippen LogP contribution in [-0.2, 0) is 4.74 Å². The molecule has 108 valence electrons. The molecule has 18 heavy (non-hydrogen) atoms. The number of hydrogen-bond donors (Lipinski definition) is 2. The molecule has 0 aromatic carbocycles. The van der Waals surface area contributed by atoms with Gasteiger partial charge in [0.1, 0.15) is 0 Å². The predicted molar refractivity (Wildman–Crippen MR) is 75.7 cm³/mol. The first-order valence-corrected chi connectivity index (χ1v) is 7.72. The Labute approximate surface area is 112 Å². The molecule has 0 heterocycles. The average Bonchev–Trinajstić information content (AvgIpc) is 3.17. The molecule has 0 aromatic rings. The summed E-state index contributed by atoms with van der Waals surface area (Å²) in [7, 11) is 0. The van der Waals surface area contributed by atoms with E-state index in [1.807, 2.05) is 0 Å².